The summed E-state index contributed by atoms with van der Waals surface area (Å²) in [5, 5.41) is 13.7. The molecule has 3 nitrogen and oxygen atoms in total. The Hall–Kier alpha value is -0.100. The van der Waals surface area contributed by atoms with E-state index in [-0.39, 0.29) is 0 Å². The van der Waals surface area contributed by atoms with Gasteiger partial charge in [-0.15, -0.1) is 0 Å². The summed E-state index contributed by atoms with van der Waals surface area (Å²) in [4.78, 5) is 0. The molecule has 0 aliphatic heterocycles. The molecule has 1 aromatic carbocycles. The van der Waals surface area contributed by atoms with Gasteiger partial charge in [0.15, 0.2) is 0 Å². The van der Waals surface area contributed by atoms with Crippen molar-refractivity contribution in [1.29, 1.82) is 0 Å². The summed E-state index contributed by atoms with van der Waals surface area (Å²) in [6.07, 6.45) is 1.35. The molecular weight excluding hydrogens is 398 g/mol. The van der Waals surface area contributed by atoms with E-state index in [4.69, 9.17) is 4.74 Å². The van der Waals surface area contributed by atoms with Crippen LogP contribution in [0.15, 0.2) is 21.1 Å². The van der Waals surface area contributed by atoms with Gasteiger partial charge in [-0.2, -0.15) is 0 Å². The molecule has 0 aliphatic carbocycles. The molecule has 0 saturated heterocycles. The van der Waals surface area contributed by atoms with Crippen LogP contribution >= 0.6 is 31.9 Å². The van der Waals surface area contributed by atoms with E-state index < -0.39 is 5.60 Å². The first kappa shape index (κ1) is 18.9. The van der Waals surface area contributed by atoms with E-state index in [1.807, 2.05) is 26.0 Å². The Balaban J connectivity index is 2.80. The van der Waals surface area contributed by atoms with Crippen LogP contribution in [0.4, 0.5) is 0 Å². The van der Waals surface area contributed by atoms with Crippen LogP contribution < -0.4 is 10.1 Å². The van der Waals surface area contributed by atoms with E-state index in [0.717, 1.165) is 21.2 Å². The zero-order valence-corrected chi connectivity index (χ0v) is 16.3. The topological polar surface area (TPSA) is 41.5 Å². The van der Waals surface area contributed by atoms with Crippen molar-refractivity contribution in [3.05, 3.63) is 26.6 Å². The van der Waals surface area contributed by atoms with Crippen LogP contribution in [0.2, 0.25) is 0 Å². The Morgan fingerprint density at radius 1 is 1.19 bits per heavy atom. The summed E-state index contributed by atoms with van der Waals surface area (Å²) in [7, 11) is 0. The second kappa shape index (κ2) is 8.51. The number of halogens is 2. The minimum atomic E-state index is -0.767. The van der Waals surface area contributed by atoms with E-state index in [1.54, 1.807) is 0 Å². The van der Waals surface area contributed by atoms with E-state index in [9.17, 15) is 5.11 Å². The first-order valence-electron chi connectivity index (χ1n) is 7.37. The molecule has 0 saturated carbocycles. The van der Waals surface area contributed by atoms with Gasteiger partial charge < -0.3 is 15.2 Å². The Labute approximate surface area is 144 Å². The quantitative estimate of drug-likeness (QED) is 0.641. The van der Waals surface area contributed by atoms with Crippen molar-refractivity contribution >= 4 is 31.9 Å². The molecule has 21 heavy (non-hydrogen) atoms. The average molecular weight is 423 g/mol. The molecular formula is C16H25Br2NO2. The number of ether oxygens (including phenoxy) is 1. The summed E-state index contributed by atoms with van der Waals surface area (Å²) in [6, 6.07) is 4.54. The fourth-order valence-corrected chi connectivity index (χ4v) is 3.35. The lowest BCUT2D eigenvalue weighted by molar-refractivity contribution is -0.0117. The molecule has 120 valence electrons. The number of aliphatic hydroxyl groups is 1. The van der Waals surface area contributed by atoms with Gasteiger partial charge in [0.25, 0.3) is 0 Å². The maximum Gasteiger partial charge on any atom is 0.147 e. The molecule has 0 radical (unpaired) electrons. The largest absolute Gasteiger partial charge is 0.488 e. The highest BCUT2D eigenvalue weighted by atomic mass is 79.9. The number of nitrogens with one attached hydrogen (secondary N) is 1. The van der Waals surface area contributed by atoms with E-state index in [2.05, 4.69) is 51.0 Å². The van der Waals surface area contributed by atoms with Crippen molar-refractivity contribution < 1.29 is 9.84 Å². The molecule has 0 unspecified atom stereocenters. The molecule has 0 spiro atoms. The third-order valence-electron chi connectivity index (χ3n) is 3.57. The molecule has 0 amide bonds. The smallest absolute Gasteiger partial charge is 0.147 e. The number of hydrogen-bond acceptors (Lipinski definition) is 3. The van der Waals surface area contributed by atoms with Gasteiger partial charge in [-0.05, 0) is 62.4 Å². The maximum atomic E-state index is 10.3. The Bertz CT molecular complexity index is 437. The minimum Gasteiger partial charge on any atom is -0.488 e. The number of rotatable bonds is 8. The average Bonchev–Trinajstić information content (AvgIpc) is 2.43. The van der Waals surface area contributed by atoms with Crippen molar-refractivity contribution in [1.82, 2.24) is 5.32 Å². The summed E-state index contributed by atoms with van der Waals surface area (Å²) in [6.45, 7) is 9.29. The van der Waals surface area contributed by atoms with Crippen molar-refractivity contribution in [2.75, 3.05) is 6.61 Å². The van der Waals surface area contributed by atoms with Gasteiger partial charge in [-0.1, -0.05) is 27.7 Å². The van der Waals surface area contributed by atoms with Gasteiger partial charge in [0.2, 0.25) is 0 Å². The van der Waals surface area contributed by atoms with Crippen molar-refractivity contribution in [2.24, 2.45) is 0 Å². The molecule has 0 fully saturated rings. The minimum absolute atomic E-state index is 0.292. The highest BCUT2D eigenvalue weighted by molar-refractivity contribution is 9.11. The van der Waals surface area contributed by atoms with Gasteiger partial charge >= 0.3 is 0 Å². The Morgan fingerprint density at radius 3 is 2.14 bits per heavy atom. The highest BCUT2D eigenvalue weighted by Gasteiger charge is 2.24. The fourth-order valence-electron chi connectivity index (χ4n) is 1.83. The summed E-state index contributed by atoms with van der Waals surface area (Å²) in [5.41, 5.74) is 0.410. The molecule has 1 rings (SSSR count). The predicted molar refractivity (Wildman–Crippen MR) is 94.8 cm³/mol. The molecule has 0 aliphatic rings. The van der Waals surface area contributed by atoms with E-state index in [0.29, 0.717) is 25.5 Å². The lowest BCUT2D eigenvalue weighted by Crippen LogP contribution is -2.34. The maximum absolute atomic E-state index is 10.3. The normalized spacial score (nSPS) is 12.0. The first-order chi connectivity index (χ1) is 9.81. The van der Waals surface area contributed by atoms with Crippen molar-refractivity contribution in [3.8, 4) is 5.75 Å². The van der Waals surface area contributed by atoms with Crippen LogP contribution in [0, 0.1) is 0 Å². The van der Waals surface area contributed by atoms with Gasteiger partial charge in [-0.25, -0.2) is 0 Å². The lowest BCUT2D eigenvalue weighted by atomic mass is 9.99. The van der Waals surface area contributed by atoms with Crippen LogP contribution in [0.3, 0.4) is 0 Å². The molecule has 0 aromatic heterocycles. The molecule has 5 heteroatoms. The third-order valence-corrected chi connectivity index (χ3v) is 4.75. The first-order valence-corrected chi connectivity index (χ1v) is 8.96. The second-order valence-electron chi connectivity index (χ2n) is 5.64. The van der Waals surface area contributed by atoms with Crippen molar-refractivity contribution in [2.45, 2.75) is 58.7 Å². The van der Waals surface area contributed by atoms with Gasteiger partial charge in [0.1, 0.15) is 12.4 Å². The Kier molecular flexibility index (Phi) is 7.68. The SMILES string of the molecule is CCC(O)(CC)COc1c(Br)cc(CNC(C)C)cc1Br. The number of benzene rings is 1. The molecule has 0 bridgehead atoms. The standard InChI is InChI=1S/C16H25Br2NO2/c1-5-16(20,6-2)10-21-15-13(17)7-12(8-14(15)18)9-19-11(3)4/h7-8,11,19-20H,5-6,9-10H2,1-4H3. The van der Waals surface area contributed by atoms with Crippen molar-refractivity contribution in [3.63, 3.8) is 0 Å². The second-order valence-corrected chi connectivity index (χ2v) is 7.35. The van der Waals surface area contributed by atoms with Crippen LogP contribution in [0.25, 0.3) is 0 Å². The summed E-state index contributed by atoms with van der Waals surface area (Å²) >= 11 is 7.10. The van der Waals surface area contributed by atoms with Crippen LogP contribution in [0.1, 0.15) is 46.1 Å². The lowest BCUT2D eigenvalue weighted by Gasteiger charge is -2.26. The Morgan fingerprint density at radius 2 is 1.71 bits per heavy atom. The highest BCUT2D eigenvalue weighted by Crippen LogP contribution is 2.35. The third kappa shape index (κ3) is 5.89. The van der Waals surface area contributed by atoms with Crippen LogP contribution in [-0.2, 0) is 6.54 Å². The monoisotopic (exact) mass is 421 g/mol. The number of hydrogen-bond donors (Lipinski definition) is 2. The van der Waals surface area contributed by atoms with E-state index in [1.165, 1.54) is 5.56 Å². The van der Waals surface area contributed by atoms with E-state index >= 15 is 0 Å². The van der Waals surface area contributed by atoms with Gasteiger partial charge in [0, 0.05) is 12.6 Å². The van der Waals surface area contributed by atoms with Crippen LogP contribution in [-0.4, -0.2) is 23.4 Å². The fraction of sp³-hybridized carbons (Fsp3) is 0.625. The molecule has 2 N–H and O–H groups in total. The zero-order chi connectivity index (χ0) is 16.0. The molecule has 0 atom stereocenters. The summed E-state index contributed by atoms with van der Waals surface area (Å²) < 4.78 is 7.62. The molecule has 0 heterocycles. The zero-order valence-electron chi connectivity index (χ0n) is 13.2. The van der Waals surface area contributed by atoms with Gasteiger partial charge in [0.05, 0.1) is 14.5 Å². The summed E-state index contributed by atoms with van der Waals surface area (Å²) in [5.74, 6) is 0.739. The molecule has 1 aromatic rings. The predicted octanol–water partition coefficient (Wildman–Crippen LogP) is 4.64. The van der Waals surface area contributed by atoms with Gasteiger partial charge in [-0.3, -0.25) is 0 Å². The van der Waals surface area contributed by atoms with Crippen LogP contribution in [0.5, 0.6) is 5.75 Å².